The smallest absolute Gasteiger partial charge is 0.260 e. The molecule has 1 spiro atoms. The van der Waals surface area contributed by atoms with Gasteiger partial charge >= 0.3 is 0 Å². The van der Waals surface area contributed by atoms with Gasteiger partial charge < -0.3 is 9.72 Å². The van der Waals surface area contributed by atoms with Crippen LogP contribution in [0.2, 0.25) is 0 Å². The van der Waals surface area contributed by atoms with E-state index in [9.17, 15) is 8.42 Å². The van der Waals surface area contributed by atoms with E-state index in [1.807, 2.05) is 6.92 Å². The molecule has 1 saturated heterocycles. The zero-order chi connectivity index (χ0) is 15.8. The highest BCUT2D eigenvalue weighted by Crippen LogP contribution is 2.47. The van der Waals surface area contributed by atoms with Crippen LogP contribution in [0, 0.1) is 5.41 Å². The molecule has 124 valence electrons. The van der Waals surface area contributed by atoms with Crippen LogP contribution in [0.3, 0.4) is 0 Å². The molecule has 0 radical (unpaired) electrons. The predicted molar refractivity (Wildman–Crippen MR) is 83.0 cm³/mol. The monoisotopic (exact) mass is 327 g/mol. The summed E-state index contributed by atoms with van der Waals surface area (Å²) in [5.74, 6) is 0.709. The Balaban J connectivity index is 1.85. The van der Waals surface area contributed by atoms with Crippen LogP contribution in [0.4, 0.5) is 0 Å². The summed E-state index contributed by atoms with van der Waals surface area (Å²) in [6, 6.07) is 0. The van der Waals surface area contributed by atoms with E-state index in [-0.39, 0.29) is 16.5 Å². The maximum atomic E-state index is 12.9. The van der Waals surface area contributed by atoms with Gasteiger partial charge in [0, 0.05) is 32.0 Å². The van der Waals surface area contributed by atoms with Gasteiger partial charge in [0.2, 0.25) is 0 Å². The molecule has 1 N–H and O–H groups in total. The zero-order valence-corrected chi connectivity index (χ0v) is 14.2. The van der Waals surface area contributed by atoms with Gasteiger partial charge in [0.15, 0.2) is 5.03 Å². The Labute approximate surface area is 132 Å². The molecule has 1 aliphatic heterocycles. The third kappa shape index (κ3) is 2.59. The lowest BCUT2D eigenvalue weighted by Crippen LogP contribution is -2.49. The summed E-state index contributed by atoms with van der Waals surface area (Å²) >= 11 is 0. The number of aromatic nitrogens is 2. The average molecular weight is 327 g/mol. The summed E-state index contributed by atoms with van der Waals surface area (Å²) in [5.41, 5.74) is -0.00627. The first kappa shape index (κ1) is 16.0. The molecular weight excluding hydrogens is 302 g/mol. The second kappa shape index (κ2) is 5.94. The van der Waals surface area contributed by atoms with Crippen LogP contribution >= 0.6 is 0 Å². The number of rotatable bonds is 4. The number of imidazole rings is 1. The van der Waals surface area contributed by atoms with E-state index in [1.54, 1.807) is 11.4 Å². The molecule has 1 aromatic heterocycles. The van der Waals surface area contributed by atoms with Crippen molar-refractivity contribution in [2.24, 2.45) is 5.41 Å². The van der Waals surface area contributed by atoms with Gasteiger partial charge in [-0.2, -0.15) is 4.31 Å². The minimum atomic E-state index is -3.49. The molecule has 2 aliphatic rings. The molecule has 3 rings (SSSR count). The Morgan fingerprint density at radius 1 is 1.45 bits per heavy atom. The molecule has 0 unspecified atom stereocenters. The molecular formula is C15H25N3O3S. The van der Waals surface area contributed by atoms with Gasteiger partial charge in [-0.05, 0) is 25.7 Å². The van der Waals surface area contributed by atoms with Crippen molar-refractivity contribution >= 4 is 10.0 Å². The van der Waals surface area contributed by atoms with E-state index in [4.69, 9.17) is 4.74 Å². The Hall–Kier alpha value is -0.920. The van der Waals surface area contributed by atoms with Crippen LogP contribution in [0.25, 0.3) is 0 Å². The normalized spacial score (nSPS) is 30.2. The molecule has 0 bridgehead atoms. The van der Waals surface area contributed by atoms with Crippen molar-refractivity contribution in [1.29, 1.82) is 0 Å². The first-order valence-corrected chi connectivity index (χ1v) is 9.53. The van der Waals surface area contributed by atoms with Gasteiger partial charge in [0.05, 0.1) is 12.3 Å². The maximum absolute atomic E-state index is 12.9. The van der Waals surface area contributed by atoms with Gasteiger partial charge in [0.25, 0.3) is 10.0 Å². The summed E-state index contributed by atoms with van der Waals surface area (Å²) in [6.07, 6.45) is 7.49. The lowest BCUT2D eigenvalue weighted by Gasteiger charge is -2.42. The number of nitrogens with one attached hydrogen (secondary N) is 1. The van der Waals surface area contributed by atoms with Crippen LogP contribution in [-0.4, -0.2) is 49.0 Å². The molecule has 0 aromatic carbocycles. The number of hydrogen-bond acceptors (Lipinski definition) is 4. The standard InChI is InChI=1S/C15H25N3O3S/c1-3-13-16-10-14(17-13)22(19,20)18-9-5-8-15(11-18)7-4-6-12(15)21-2/h10,12H,3-9,11H2,1-2H3,(H,16,17)/t12-,15-/m1/s1. The number of piperidine rings is 1. The zero-order valence-electron chi connectivity index (χ0n) is 13.3. The fourth-order valence-corrected chi connectivity index (χ4v) is 5.56. The summed E-state index contributed by atoms with van der Waals surface area (Å²) in [4.78, 5) is 7.06. The topological polar surface area (TPSA) is 75.3 Å². The van der Waals surface area contributed by atoms with Gasteiger partial charge in [-0.15, -0.1) is 0 Å². The molecule has 2 atom stereocenters. The lowest BCUT2D eigenvalue weighted by atomic mass is 9.77. The predicted octanol–water partition coefficient (Wildman–Crippen LogP) is 1.94. The summed E-state index contributed by atoms with van der Waals surface area (Å²) in [5, 5.41) is 0.216. The van der Waals surface area contributed by atoms with Crippen LogP contribution < -0.4 is 0 Å². The number of sulfonamides is 1. The van der Waals surface area contributed by atoms with Gasteiger partial charge in [0.1, 0.15) is 5.82 Å². The van der Waals surface area contributed by atoms with Crippen molar-refractivity contribution in [1.82, 2.24) is 14.3 Å². The number of aryl methyl sites for hydroxylation is 1. The molecule has 1 saturated carbocycles. The SMILES string of the molecule is CCc1ncc(S(=O)(=O)N2CCC[C@]3(CCC[C@H]3OC)C2)[nH]1. The Morgan fingerprint density at radius 3 is 2.91 bits per heavy atom. The minimum Gasteiger partial charge on any atom is -0.381 e. The number of ether oxygens (including phenoxy) is 1. The lowest BCUT2D eigenvalue weighted by molar-refractivity contribution is -0.0185. The highest BCUT2D eigenvalue weighted by molar-refractivity contribution is 7.89. The van der Waals surface area contributed by atoms with Crippen LogP contribution in [0.1, 0.15) is 44.9 Å². The number of nitrogens with zero attached hydrogens (tertiary/aromatic N) is 2. The minimum absolute atomic E-state index is 0.00627. The quantitative estimate of drug-likeness (QED) is 0.917. The van der Waals surface area contributed by atoms with Crippen LogP contribution in [-0.2, 0) is 21.2 Å². The van der Waals surface area contributed by atoms with Gasteiger partial charge in [-0.1, -0.05) is 13.3 Å². The first-order chi connectivity index (χ1) is 10.5. The van der Waals surface area contributed by atoms with E-state index >= 15 is 0 Å². The van der Waals surface area contributed by atoms with Crippen molar-refractivity contribution in [3.05, 3.63) is 12.0 Å². The van der Waals surface area contributed by atoms with Crippen molar-refractivity contribution in [3.63, 3.8) is 0 Å². The number of methoxy groups -OCH3 is 1. The molecule has 1 aliphatic carbocycles. The maximum Gasteiger partial charge on any atom is 0.260 e. The molecule has 2 fully saturated rings. The Morgan fingerprint density at radius 2 is 2.23 bits per heavy atom. The molecule has 22 heavy (non-hydrogen) atoms. The number of H-pyrrole nitrogens is 1. The average Bonchev–Trinajstić information content (AvgIpc) is 3.14. The summed E-state index contributed by atoms with van der Waals surface area (Å²) < 4.78 is 33.0. The van der Waals surface area contributed by atoms with E-state index in [2.05, 4.69) is 9.97 Å². The third-order valence-electron chi connectivity index (χ3n) is 5.24. The molecule has 7 heteroatoms. The third-order valence-corrected chi connectivity index (χ3v) is 6.99. The first-order valence-electron chi connectivity index (χ1n) is 8.09. The van der Waals surface area contributed by atoms with Crippen LogP contribution in [0.15, 0.2) is 11.2 Å². The second-order valence-corrected chi connectivity index (χ2v) is 8.38. The van der Waals surface area contributed by atoms with Gasteiger partial charge in [-0.3, -0.25) is 0 Å². The van der Waals surface area contributed by atoms with Gasteiger partial charge in [-0.25, -0.2) is 13.4 Å². The van der Waals surface area contributed by atoms with Crippen molar-refractivity contribution < 1.29 is 13.2 Å². The number of aromatic amines is 1. The number of hydrogen-bond donors (Lipinski definition) is 1. The fourth-order valence-electron chi connectivity index (χ4n) is 4.06. The van der Waals surface area contributed by atoms with Crippen molar-refractivity contribution in [2.45, 2.75) is 56.6 Å². The van der Waals surface area contributed by atoms with E-state index in [0.29, 0.717) is 25.3 Å². The van der Waals surface area contributed by atoms with E-state index in [0.717, 1.165) is 32.1 Å². The second-order valence-electron chi connectivity index (χ2n) is 6.47. The highest BCUT2D eigenvalue weighted by Gasteiger charge is 2.48. The van der Waals surface area contributed by atoms with Crippen molar-refractivity contribution in [3.8, 4) is 0 Å². The molecule has 2 heterocycles. The molecule has 6 nitrogen and oxygen atoms in total. The molecule has 0 amide bonds. The Bertz CT molecular complexity index is 628. The largest absolute Gasteiger partial charge is 0.381 e. The highest BCUT2D eigenvalue weighted by atomic mass is 32.2. The fraction of sp³-hybridized carbons (Fsp3) is 0.800. The Kier molecular flexibility index (Phi) is 4.31. The van der Waals surface area contributed by atoms with Crippen molar-refractivity contribution in [2.75, 3.05) is 20.2 Å². The summed E-state index contributed by atoms with van der Waals surface area (Å²) in [7, 11) is -1.74. The van der Waals surface area contributed by atoms with E-state index < -0.39 is 10.0 Å². The van der Waals surface area contributed by atoms with E-state index in [1.165, 1.54) is 6.20 Å². The molecule has 1 aromatic rings. The van der Waals surface area contributed by atoms with Crippen LogP contribution in [0.5, 0.6) is 0 Å². The summed E-state index contributed by atoms with van der Waals surface area (Å²) in [6.45, 7) is 3.10.